The number of halogens is 1. The Morgan fingerprint density at radius 1 is 1.22 bits per heavy atom. The molecule has 0 aliphatic rings. The summed E-state index contributed by atoms with van der Waals surface area (Å²) in [4.78, 5) is 23.3. The molecule has 0 bridgehead atoms. The second kappa shape index (κ2) is 10.6. The van der Waals surface area contributed by atoms with Gasteiger partial charge >= 0.3 is 0 Å². The van der Waals surface area contributed by atoms with Crippen LogP contribution in [0.1, 0.15) is 41.3 Å². The van der Waals surface area contributed by atoms with Crippen molar-refractivity contribution in [3.63, 3.8) is 0 Å². The van der Waals surface area contributed by atoms with Gasteiger partial charge in [0.1, 0.15) is 5.75 Å². The number of nitrogens with one attached hydrogen (secondary N) is 1. The first-order chi connectivity index (χ1) is 15.2. The second-order valence-corrected chi connectivity index (χ2v) is 8.81. The molecule has 170 valence electrons. The van der Waals surface area contributed by atoms with E-state index >= 15 is 0 Å². The second-order valence-electron chi connectivity index (χ2n) is 8.37. The molecule has 32 heavy (non-hydrogen) atoms. The number of aryl methyl sites for hydroxylation is 1. The van der Waals surface area contributed by atoms with E-state index in [0.29, 0.717) is 42.1 Å². The predicted octanol–water partition coefficient (Wildman–Crippen LogP) is 4.03. The van der Waals surface area contributed by atoms with Crippen molar-refractivity contribution in [1.29, 1.82) is 0 Å². The molecule has 1 N–H and O–H groups in total. The van der Waals surface area contributed by atoms with Crippen molar-refractivity contribution in [3.05, 3.63) is 64.3 Å². The first-order valence-corrected chi connectivity index (χ1v) is 10.8. The van der Waals surface area contributed by atoms with Gasteiger partial charge in [-0.05, 0) is 51.2 Å². The van der Waals surface area contributed by atoms with Crippen molar-refractivity contribution in [3.8, 4) is 5.75 Å². The average Bonchev–Trinajstić information content (AvgIpc) is 3.09. The Kier molecular flexibility index (Phi) is 7.82. The van der Waals surface area contributed by atoms with Gasteiger partial charge in [0, 0.05) is 22.8 Å². The van der Waals surface area contributed by atoms with Crippen molar-refractivity contribution >= 4 is 23.3 Å². The Balaban J connectivity index is 1.72. The molecule has 2 heterocycles. The van der Waals surface area contributed by atoms with Gasteiger partial charge < -0.3 is 15.0 Å². The molecule has 0 saturated carbocycles. The molecule has 0 atom stereocenters. The largest absolute Gasteiger partial charge is 0.493 e. The van der Waals surface area contributed by atoms with E-state index in [1.165, 1.54) is 0 Å². The third kappa shape index (κ3) is 6.51. The lowest BCUT2D eigenvalue weighted by molar-refractivity contribution is 0.102. The summed E-state index contributed by atoms with van der Waals surface area (Å²) in [7, 11) is 3.91. The van der Waals surface area contributed by atoms with E-state index < -0.39 is 0 Å². The van der Waals surface area contributed by atoms with Crippen molar-refractivity contribution < 1.29 is 9.53 Å². The van der Waals surface area contributed by atoms with Crippen LogP contribution in [0.5, 0.6) is 5.75 Å². The number of hydrogen-bond donors (Lipinski definition) is 1. The van der Waals surface area contributed by atoms with Crippen molar-refractivity contribution in [2.75, 3.05) is 26.0 Å². The molecule has 0 aliphatic carbocycles. The summed E-state index contributed by atoms with van der Waals surface area (Å²) >= 11 is 6.21. The molecule has 2 aromatic heterocycles. The number of nitrogens with zero attached hydrogens (tertiary/aromatic N) is 5. The third-order valence-electron chi connectivity index (χ3n) is 4.55. The van der Waals surface area contributed by atoms with E-state index in [9.17, 15) is 4.79 Å². The van der Waals surface area contributed by atoms with E-state index in [-0.39, 0.29) is 5.91 Å². The summed E-state index contributed by atoms with van der Waals surface area (Å²) in [6.45, 7) is 7.81. The Bertz CT molecular complexity index is 1060. The lowest BCUT2D eigenvalue weighted by atomic mass is 10.2. The molecule has 3 aromatic rings. The van der Waals surface area contributed by atoms with Gasteiger partial charge in [0.05, 0.1) is 31.2 Å². The number of carbonyl (C=O) groups is 1. The van der Waals surface area contributed by atoms with Crippen molar-refractivity contribution in [1.82, 2.24) is 24.6 Å². The van der Waals surface area contributed by atoms with Crippen LogP contribution in [0.3, 0.4) is 0 Å². The highest BCUT2D eigenvalue weighted by Gasteiger charge is 2.15. The van der Waals surface area contributed by atoms with Gasteiger partial charge in [0.25, 0.3) is 5.91 Å². The standard InChI is InChI=1S/C23H29ClN6O2/c1-15(2)14-32-21-7-6-18(24)9-17(21)12-30-16(3)8-20(28-30)23(31)27-22-11-25-19(10-26-22)13-29(4)5/h6-11,15H,12-14H2,1-5H3,(H,26,27,31). The zero-order chi connectivity index (χ0) is 23.3. The lowest BCUT2D eigenvalue weighted by Gasteiger charge is -2.14. The van der Waals surface area contributed by atoms with E-state index in [2.05, 4.69) is 34.2 Å². The fraction of sp³-hybridized carbons (Fsp3) is 0.391. The topological polar surface area (TPSA) is 85.2 Å². The zero-order valence-corrected chi connectivity index (χ0v) is 19.8. The van der Waals surface area contributed by atoms with E-state index in [1.807, 2.05) is 38.1 Å². The monoisotopic (exact) mass is 456 g/mol. The van der Waals surface area contributed by atoms with Crippen LogP contribution in [0.15, 0.2) is 36.7 Å². The Morgan fingerprint density at radius 2 is 2.00 bits per heavy atom. The van der Waals surface area contributed by atoms with Crippen LogP contribution in [-0.4, -0.2) is 51.3 Å². The number of ether oxygens (including phenoxy) is 1. The SMILES string of the molecule is Cc1cc(C(=O)Nc2cnc(CN(C)C)cn2)nn1Cc1cc(Cl)ccc1OCC(C)C. The highest BCUT2D eigenvalue weighted by molar-refractivity contribution is 6.30. The molecule has 0 unspecified atom stereocenters. The highest BCUT2D eigenvalue weighted by Crippen LogP contribution is 2.25. The Hall–Kier alpha value is -2.97. The molecule has 1 amide bonds. The highest BCUT2D eigenvalue weighted by atomic mass is 35.5. The summed E-state index contributed by atoms with van der Waals surface area (Å²) in [5, 5.41) is 7.85. The van der Waals surface area contributed by atoms with Crippen LogP contribution in [0.2, 0.25) is 5.02 Å². The fourth-order valence-corrected chi connectivity index (χ4v) is 3.21. The average molecular weight is 457 g/mol. The number of anilines is 1. The van der Waals surface area contributed by atoms with Crippen LogP contribution in [-0.2, 0) is 13.1 Å². The molecule has 9 heteroatoms. The van der Waals surface area contributed by atoms with E-state index in [1.54, 1.807) is 29.2 Å². The van der Waals surface area contributed by atoms with Gasteiger partial charge in [0.15, 0.2) is 11.5 Å². The molecule has 1 aromatic carbocycles. The number of aromatic nitrogens is 4. The number of amides is 1. The molecule has 3 rings (SSSR count). The van der Waals surface area contributed by atoms with Crippen LogP contribution < -0.4 is 10.1 Å². The summed E-state index contributed by atoms with van der Waals surface area (Å²) < 4.78 is 7.69. The molecule has 0 aliphatic heterocycles. The first-order valence-electron chi connectivity index (χ1n) is 10.4. The molecular formula is C23H29ClN6O2. The minimum Gasteiger partial charge on any atom is -0.493 e. The fourth-order valence-electron chi connectivity index (χ4n) is 3.02. The maximum absolute atomic E-state index is 12.7. The molecule has 0 radical (unpaired) electrons. The van der Waals surface area contributed by atoms with E-state index in [4.69, 9.17) is 16.3 Å². The van der Waals surface area contributed by atoms with Crippen LogP contribution in [0.4, 0.5) is 5.82 Å². The normalized spacial score (nSPS) is 11.2. The maximum atomic E-state index is 12.7. The summed E-state index contributed by atoms with van der Waals surface area (Å²) in [6.07, 6.45) is 3.20. The summed E-state index contributed by atoms with van der Waals surface area (Å²) in [5.74, 6) is 1.20. The molecule has 0 saturated heterocycles. The zero-order valence-electron chi connectivity index (χ0n) is 19.1. The van der Waals surface area contributed by atoms with Gasteiger partial charge in [0.2, 0.25) is 0 Å². The Morgan fingerprint density at radius 3 is 2.66 bits per heavy atom. The third-order valence-corrected chi connectivity index (χ3v) is 4.79. The number of carbonyl (C=O) groups excluding carboxylic acids is 1. The van der Waals surface area contributed by atoms with Crippen molar-refractivity contribution in [2.45, 2.75) is 33.9 Å². The van der Waals surface area contributed by atoms with Gasteiger partial charge in [-0.25, -0.2) is 4.98 Å². The van der Waals surface area contributed by atoms with Gasteiger partial charge in [-0.3, -0.25) is 14.5 Å². The van der Waals surface area contributed by atoms with Gasteiger partial charge in [-0.15, -0.1) is 0 Å². The number of benzene rings is 1. The molecular weight excluding hydrogens is 428 g/mol. The first kappa shape index (κ1) is 23.7. The van der Waals surface area contributed by atoms with E-state index in [0.717, 1.165) is 22.7 Å². The maximum Gasteiger partial charge on any atom is 0.277 e. The van der Waals surface area contributed by atoms with Crippen LogP contribution in [0.25, 0.3) is 0 Å². The smallest absolute Gasteiger partial charge is 0.277 e. The predicted molar refractivity (Wildman–Crippen MR) is 125 cm³/mol. The lowest BCUT2D eigenvalue weighted by Crippen LogP contribution is -2.16. The van der Waals surface area contributed by atoms with Crippen LogP contribution >= 0.6 is 11.6 Å². The van der Waals surface area contributed by atoms with Crippen LogP contribution in [0, 0.1) is 12.8 Å². The Labute approximate surface area is 193 Å². The minimum absolute atomic E-state index is 0.299. The summed E-state index contributed by atoms with van der Waals surface area (Å²) in [5.41, 5.74) is 2.87. The van der Waals surface area contributed by atoms with Gasteiger partial charge in [-0.2, -0.15) is 5.10 Å². The van der Waals surface area contributed by atoms with Gasteiger partial charge in [-0.1, -0.05) is 25.4 Å². The molecule has 8 nitrogen and oxygen atoms in total. The number of hydrogen-bond acceptors (Lipinski definition) is 6. The minimum atomic E-state index is -0.344. The van der Waals surface area contributed by atoms with Crippen molar-refractivity contribution in [2.24, 2.45) is 5.92 Å². The number of rotatable bonds is 9. The summed E-state index contributed by atoms with van der Waals surface area (Å²) in [6, 6.07) is 7.27. The quantitative estimate of drug-likeness (QED) is 0.523. The molecule has 0 spiro atoms. The molecule has 0 fully saturated rings.